The van der Waals surface area contributed by atoms with Gasteiger partial charge in [0.2, 0.25) is 0 Å². The second-order valence-corrected chi connectivity index (χ2v) is 6.54. The number of piperazine rings is 1. The number of carbonyl (C=O) groups excluding carboxylic acids is 1. The second-order valence-electron chi connectivity index (χ2n) is 6.54. The molecule has 27 heavy (non-hydrogen) atoms. The van der Waals surface area contributed by atoms with Crippen LogP contribution in [-0.4, -0.2) is 36.9 Å². The van der Waals surface area contributed by atoms with Crippen molar-refractivity contribution in [2.75, 3.05) is 36.0 Å². The lowest BCUT2D eigenvalue weighted by Crippen LogP contribution is -2.47. The van der Waals surface area contributed by atoms with Gasteiger partial charge in [-0.1, -0.05) is 0 Å². The Morgan fingerprint density at radius 3 is 2.07 bits per heavy atom. The molecule has 0 atom stereocenters. The highest BCUT2D eigenvalue weighted by molar-refractivity contribution is 5.94. The molecule has 0 amide bonds. The third kappa shape index (κ3) is 3.74. The largest absolute Gasteiger partial charge is 0.366 e. The van der Waals surface area contributed by atoms with Gasteiger partial charge in [-0.3, -0.25) is 14.9 Å². The van der Waals surface area contributed by atoms with Gasteiger partial charge in [-0.2, -0.15) is 0 Å². The smallest absolute Gasteiger partial charge is 0.275 e. The van der Waals surface area contributed by atoms with Crippen molar-refractivity contribution in [1.82, 2.24) is 0 Å². The SMILES string of the molecule is CC(=O)c1ccc(N2CCN(c3cc(C)c([N+](=O)[O-])cc3F)CC2)c(F)c1. The van der Waals surface area contributed by atoms with Gasteiger partial charge in [0.1, 0.15) is 5.82 Å². The lowest BCUT2D eigenvalue weighted by Gasteiger charge is -2.37. The number of ketones is 1. The molecule has 2 aromatic rings. The number of anilines is 2. The maximum Gasteiger partial charge on any atom is 0.275 e. The summed E-state index contributed by atoms with van der Waals surface area (Å²) in [5.41, 5.74) is 1.18. The number of hydrogen-bond acceptors (Lipinski definition) is 5. The quantitative estimate of drug-likeness (QED) is 0.463. The number of Topliss-reactive ketones (excluding diaryl/α,β-unsaturated/α-hetero) is 1. The monoisotopic (exact) mass is 375 g/mol. The molecule has 1 fully saturated rings. The van der Waals surface area contributed by atoms with E-state index in [1.165, 1.54) is 19.1 Å². The van der Waals surface area contributed by atoms with E-state index in [2.05, 4.69) is 0 Å². The van der Waals surface area contributed by atoms with Gasteiger partial charge in [-0.05, 0) is 38.1 Å². The zero-order valence-electron chi connectivity index (χ0n) is 15.0. The zero-order chi connectivity index (χ0) is 19.7. The number of carbonyl (C=O) groups is 1. The topological polar surface area (TPSA) is 66.7 Å². The molecule has 1 aliphatic rings. The number of nitro benzene ring substituents is 1. The number of nitro groups is 1. The molecule has 0 aliphatic carbocycles. The van der Waals surface area contributed by atoms with Gasteiger partial charge < -0.3 is 9.80 Å². The minimum atomic E-state index is -0.641. The van der Waals surface area contributed by atoms with E-state index >= 15 is 0 Å². The van der Waals surface area contributed by atoms with Crippen molar-refractivity contribution in [2.24, 2.45) is 0 Å². The van der Waals surface area contributed by atoms with Gasteiger partial charge >= 0.3 is 0 Å². The fraction of sp³-hybridized carbons (Fsp3) is 0.316. The Labute approximate surface area is 155 Å². The highest BCUT2D eigenvalue weighted by Gasteiger charge is 2.24. The van der Waals surface area contributed by atoms with Gasteiger partial charge in [0.25, 0.3) is 5.69 Å². The molecule has 142 valence electrons. The third-order valence-corrected chi connectivity index (χ3v) is 4.78. The number of rotatable bonds is 4. The van der Waals surface area contributed by atoms with E-state index < -0.39 is 16.6 Å². The molecular weight excluding hydrogens is 356 g/mol. The number of aryl methyl sites for hydroxylation is 1. The highest BCUT2D eigenvalue weighted by Crippen LogP contribution is 2.30. The summed E-state index contributed by atoms with van der Waals surface area (Å²) in [6.45, 7) is 4.78. The maximum absolute atomic E-state index is 14.3. The van der Waals surface area contributed by atoms with E-state index in [4.69, 9.17) is 0 Å². The number of benzene rings is 2. The first-order valence-electron chi connectivity index (χ1n) is 8.53. The lowest BCUT2D eigenvalue weighted by molar-refractivity contribution is -0.385. The van der Waals surface area contributed by atoms with Gasteiger partial charge in [-0.15, -0.1) is 0 Å². The van der Waals surface area contributed by atoms with E-state index in [0.29, 0.717) is 48.7 Å². The minimum Gasteiger partial charge on any atom is -0.366 e. The second kappa shape index (κ2) is 7.30. The van der Waals surface area contributed by atoms with E-state index in [9.17, 15) is 23.7 Å². The Balaban J connectivity index is 1.75. The van der Waals surface area contributed by atoms with Crippen LogP contribution in [0, 0.1) is 28.7 Å². The number of hydrogen-bond donors (Lipinski definition) is 0. The molecule has 0 bridgehead atoms. The fourth-order valence-electron chi connectivity index (χ4n) is 3.27. The molecule has 2 aromatic carbocycles. The van der Waals surface area contributed by atoms with Gasteiger partial charge in [0.05, 0.1) is 22.4 Å². The molecule has 0 N–H and O–H groups in total. The van der Waals surface area contributed by atoms with Crippen molar-refractivity contribution < 1.29 is 18.5 Å². The van der Waals surface area contributed by atoms with Crippen LogP contribution in [0.25, 0.3) is 0 Å². The molecule has 1 heterocycles. The van der Waals surface area contributed by atoms with E-state index in [0.717, 1.165) is 6.07 Å². The van der Waals surface area contributed by atoms with Gasteiger partial charge in [0, 0.05) is 37.3 Å². The first-order chi connectivity index (χ1) is 12.8. The Morgan fingerprint density at radius 2 is 1.56 bits per heavy atom. The summed E-state index contributed by atoms with van der Waals surface area (Å²) in [5.74, 6) is -1.31. The molecule has 6 nitrogen and oxygen atoms in total. The Kier molecular flexibility index (Phi) is 5.07. The summed E-state index contributed by atoms with van der Waals surface area (Å²) in [4.78, 5) is 25.3. The van der Waals surface area contributed by atoms with Crippen LogP contribution in [0.3, 0.4) is 0 Å². The molecule has 1 saturated heterocycles. The third-order valence-electron chi connectivity index (χ3n) is 4.78. The van der Waals surface area contributed by atoms with E-state index in [1.807, 2.05) is 4.90 Å². The molecule has 3 rings (SSSR count). The van der Waals surface area contributed by atoms with Crippen LogP contribution in [0.2, 0.25) is 0 Å². The summed E-state index contributed by atoms with van der Waals surface area (Å²) in [6, 6.07) is 6.82. The van der Waals surface area contributed by atoms with E-state index in [-0.39, 0.29) is 11.5 Å². The predicted octanol–water partition coefficient (Wildman–Crippen LogP) is 3.71. The first kappa shape index (κ1) is 18.8. The van der Waals surface area contributed by atoms with Crippen LogP contribution < -0.4 is 9.80 Å². The van der Waals surface area contributed by atoms with Gasteiger partial charge in [-0.25, -0.2) is 8.78 Å². The van der Waals surface area contributed by atoms with E-state index in [1.54, 1.807) is 24.0 Å². The average molecular weight is 375 g/mol. The fourth-order valence-corrected chi connectivity index (χ4v) is 3.27. The highest BCUT2D eigenvalue weighted by atomic mass is 19.1. The summed E-state index contributed by atoms with van der Waals surface area (Å²) in [7, 11) is 0. The van der Waals surface area contributed by atoms with Gasteiger partial charge in [0.15, 0.2) is 11.6 Å². The van der Waals surface area contributed by atoms with Crippen molar-refractivity contribution in [3.05, 3.63) is 63.2 Å². The predicted molar refractivity (Wildman–Crippen MR) is 98.6 cm³/mol. The van der Waals surface area contributed by atoms with Crippen molar-refractivity contribution in [3.63, 3.8) is 0 Å². The molecular formula is C19H19F2N3O3. The van der Waals surface area contributed by atoms with Crippen molar-refractivity contribution >= 4 is 22.8 Å². The van der Waals surface area contributed by atoms with Crippen LogP contribution in [0.1, 0.15) is 22.8 Å². The molecule has 0 aromatic heterocycles. The van der Waals surface area contributed by atoms with Crippen molar-refractivity contribution in [1.29, 1.82) is 0 Å². The molecule has 1 aliphatic heterocycles. The van der Waals surface area contributed by atoms with Crippen molar-refractivity contribution in [2.45, 2.75) is 13.8 Å². The Morgan fingerprint density at radius 1 is 1.00 bits per heavy atom. The molecule has 0 radical (unpaired) electrons. The maximum atomic E-state index is 14.3. The van der Waals surface area contributed by atoms with Crippen LogP contribution in [0.4, 0.5) is 25.8 Å². The van der Waals surface area contributed by atoms with Crippen LogP contribution in [0.5, 0.6) is 0 Å². The van der Waals surface area contributed by atoms with Crippen LogP contribution in [-0.2, 0) is 0 Å². The summed E-state index contributed by atoms with van der Waals surface area (Å²) >= 11 is 0. The normalized spacial score (nSPS) is 14.4. The summed E-state index contributed by atoms with van der Waals surface area (Å²) < 4.78 is 28.6. The van der Waals surface area contributed by atoms with Crippen LogP contribution in [0.15, 0.2) is 30.3 Å². The molecule has 0 unspecified atom stereocenters. The Bertz CT molecular complexity index is 909. The number of nitrogens with zero attached hydrogens (tertiary/aromatic N) is 3. The van der Waals surface area contributed by atoms with Crippen molar-refractivity contribution in [3.8, 4) is 0 Å². The number of halogens is 2. The molecule has 0 spiro atoms. The summed E-state index contributed by atoms with van der Waals surface area (Å²) in [5, 5.41) is 10.9. The van der Waals surface area contributed by atoms with Crippen LogP contribution >= 0.6 is 0 Å². The lowest BCUT2D eigenvalue weighted by atomic mass is 10.1. The zero-order valence-corrected chi connectivity index (χ0v) is 15.0. The standard InChI is InChI=1S/C19H19F2N3O3/c1-12-9-19(16(21)11-18(12)24(26)27)23-7-5-22(6-8-23)17-4-3-14(13(2)25)10-15(17)20/h3-4,9-11H,5-8H2,1-2H3. The average Bonchev–Trinajstić information content (AvgIpc) is 2.63. The Hall–Kier alpha value is -3.03. The molecule has 8 heteroatoms. The minimum absolute atomic E-state index is 0.200. The first-order valence-corrected chi connectivity index (χ1v) is 8.53. The summed E-state index contributed by atoms with van der Waals surface area (Å²) in [6.07, 6.45) is 0. The molecule has 0 saturated carbocycles.